The first-order valence-corrected chi connectivity index (χ1v) is 9.68. The minimum Gasteiger partial charge on any atom is -0.379 e. The lowest BCUT2D eigenvalue weighted by molar-refractivity contribution is 0.0398. The maximum atomic E-state index is 6.09. The Kier molecular flexibility index (Phi) is 6.01. The number of nitrogens with zero attached hydrogens (tertiary/aromatic N) is 5. The number of nitrogens with one attached hydrogen (secondary N) is 2. The van der Waals surface area contributed by atoms with Crippen LogP contribution in [0.1, 0.15) is 0 Å². The number of aromatic nitrogens is 4. The average Bonchev–Trinajstić information content (AvgIpc) is 2.72. The summed E-state index contributed by atoms with van der Waals surface area (Å²) in [6.07, 6.45) is 3.15. The lowest BCUT2D eigenvalue weighted by Crippen LogP contribution is -2.39. The Bertz CT molecular complexity index is 966. The molecule has 28 heavy (non-hydrogen) atoms. The first-order chi connectivity index (χ1) is 13.7. The van der Waals surface area contributed by atoms with Crippen molar-refractivity contribution in [3.05, 3.63) is 40.8 Å². The molecular formula is C18H19Cl2N7O. The smallest absolute Gasteiger partial charge is 0.223 e. The van der Waals surface area contributed by atoms with E-state index in [2.05, 4.69) is 35.5 Å². The van der Waals surface area contributed by atoms with Gasteiger partial charge in [0, 0.05) is 31.9 Å². The van der Waals surface area contributed by atoms with Gasteiger partial charge in [-0.15, -0.1) is 0 Å². The van der Waals surface area contributed by atoms with Crippen molar-refractivity contribution in [1.29, 1.82) is 0 Å². The van der Waals surface area contributed by atoms with Gasteiger partial charge in [0.2, 0.25) is 5.95 Å². The second-order valence-electron chi connectivity index (χ2n) is 6.28. The number of ether oxygens (including phenoxy) is 1. The van der Waals surface area contributed by atoms with E-state index in [1.54, 1.807) is 18.3 Å². The van der Waals surface area contributed by atoms with Gasteiger partial charge in [-0.2, -0.15) is 0 Å². The number of anilines is 3. The summed E-state index contributed by atoms with van der Waals surface area (Å²) in [5.74, 6) is 1.11. The minimum absolute atomic E-state index is 0.463. The van der Waals surface area contributed by atoms with Crippen LogP contribution in [0.25, 0.3) is 11.0 Å². The van der Waals surface area contributed by atoms with Crippen LogP contribution < -0.4 is 10.6 Å². The van der Waals surface area contributed by atoms with Crippen molar-refractivity contribution in [2.24, 2.45) is 0 Å². The van der Waals surface area contributed by atoms with Crippen LogP contribution in [0, 0.1) is 0 Å². The highest BCUT2D eigenvalue weighted by Gasteiger charge is 2.11. The predicted molar refractivity (Wildman–Crippen MR) is 111 cm³/mol. The predicted octanol–water partition coefficient (Wildman–Crippen LogP) is 3.21. The first-order valence-electron chi connectivity index (χ1n) is 8.93. The molecule has 0 spiro atoms. The number of hydrogen-bond acceptors (Lipinski definition) is 8. The van der Waals surface area contributed by atoms with Crippen LogP contribution in [0.4, 0.5) is 17.5 Å². The molecule has 1 aliphatic rings. The normalized spacial score (nSPS) is 14.9. The molecular weight excluding hydrogens is 401 g/mol. The van der Waals surface area contributed by atoms with Crippen molar-refractivity contribution < 1.29 is 4.74 Å². The number of halogens is 2. The van der Waals surface area contributed by atoms with Gasteiger partial charge >= 0.3 is 0 Å². The molecule has 8 nitrogen and oxygen atoms in total. The molecule has 4 rings (SSSR count). The molecule has 3 aromatic rings. The van der Waals surface area contributed by atoms with Crippen molar-refractivity contribution in [2.45, 2.75) is 0 Å². The van der Waals surface area contributed by atoms with Gasteiger partial charge in [0.05, 0.1) is 29.5 Å². The van der Waals surface area contributed by atoms with Crippen LogP contribution in [0.3, 0.4) is 0 Å². The summed E-state index contributed by atoms with van der Waals surface area (Å²) in [5, 5.41) is 7.44. The van der Waals surface area contributed by atoms with Gasteiger partial charge < -0.3 is 15.4 Å². The first kappa shape index (κ1) is 19.1. The van der Waals surface area contributed by atoms with Gasteiger partial charge in [0.25, 0.3) is 0 Å². The van der Waals surface area contributed by atoms with E-state index in [-0.39, 0.29) is 0 Å². The molecule has 0 amide bonds. The molecule has 3 heterocycles. The molecule has 1 aliphatic heterocycles. The third-order valence-electron chi connectivity index (χ3n) is 4.37. The van der Waals surface area contributed by atoms with Crippen LogP contribution in [-0.2, 0) is 4.74 Å². The quantitative estimate of drug-likeness (QED) is 0.629. The van der Waals surface area contributed by atoms with Crippen LogP contribution >= 0.6 is 23.2 Å². The van der Waals surface area contributed by atoms with Gasteiger partial charge in [-0.05, 0) is 18.2 Å². The molecule has 0 radical (unpaired) electrons. The maximum Gasteiger partial charge on any atom is 0.223 e. The van der Waals surface area contributed by atoms with E-state index >= 15 is 0 Å². The second kappa shape index (κ2) is 8.83. The Morgan fingerprint density at radius 2 is 1.93 bits per heavy atom. The number of benzene rings is 1. The van der Waals surface area contributed by atoms with Crippen molar-refractivity contribution in [1.82, 2.24) is 24.8 Å². The number of hydrogen-bond donors (Lipinski definition) is 2. The van der Waals surface area contributed by atoms with E-state index in [0.717, 1.165) is 45.1 Å². The molecule has 2 aromatic heterocycles. The summed E-state index contributed by atoms with van der Waals surface area (Å²) in [7, 11) is 0. The van der Waals surface area contributed by atoms with Crippen LogP contribution in [0.2, 0.25) is 10.0 Å². The molecule has 0 saturated carbocycles. The molecule has 1 aromatic carbocycles. The molecule has 0 atom stereocenters. The average molecular weight is 420 g/mol. The van der Waals surface area contributed by atoms with Gasteiger partial charge in [0.1, 0.15) is 17.4 Å². The van der Waals surface area contributed by atoms with Gasteiger partial charge in [-0.3, -0.25) is 4.90 Å². The minimum atomic E-state index is 0.463. The van der Waals surface area contributed by atoms with Gasteiger partial charge in [-0.25, -0.2) is 19.9 Å². The Balaban J connectivity index is 1.49. The summed E-state index contributed by atoms with van der Waals surface area (Å²) >= 11 is 12.1. The SMILES string of the molecule is Clc1ccc(Nc2ncnc3cnc(NCCN4CCOCC4)nc23)cc1Cl. The van der Waals surface area contributed by atoms with Crippen LogP contribution in [0.15, 0.2) is 30.7 Å². The molecule has 10 heteroatoms. The zero-order chi connectivity index (χ0) is 19.3. The Morgan fingerprint density at radius 3 is 2.75 bits per heavy atom. The molecule has 0 aliphatic carbocycles. The lowest BCUT2D eigenvalue weighted by atomic mass is 10.3. The summed E-state index contributed by atoms with van der Waals surface area (Å²) in [5.41, 5.74) is 2.03. The fraction of sp³-hybridized carbons (Fsp3) is 0.333. The largest absolute Gasteiger partial charge is 0.379 e. The number of rotatable bonds is 6. The Morgan fingerprint density at radius 1 is 1.07 bits per heavy atom. The molecule has 1 fully saturated rings. The summed E-state index contributed by atoms with van der Waals surface area (Å²) < 4.78 is 5.37. The monoisotopic (exact) mass is 419 g/mol. The highest BCUT2D eigenvalue weighted by molar-refractivity contribution is 6.42. The fourth-order valence-corrected chi connectivity index (χ4v) is 3.19. The van der Waals surface area contributed by atoms with E-state index < -0.39 is 0 Å². The topological polar surface area (TPSA) is 88.1 Å². The maximum absolute atomic E-state index is 6.09. The van der Waals surface area contributed by atoms with E-state index in [1.807, 2.05) is 6.07 Å². The molecule has 0 unspecified atom stereocenters. The molecule has 146 valence electrons. The van der Waals surface area contributed by atoms with Crippen molar-refractivity contribution in [3.63, 3.8) is 0 Å². The Hall–Kier alpha value is -2.26. The van der Waals surface area contributed by atoms with Gasteiger partial charge in [-0.1, -0.05) is 23.2 Å². The zero-order valence-electron chi connectivity index (χ0n) is 15.0. The standard InChI is InChI=1S/C18H19Cl2N7O/c19-13-2-1-12(9-14(13)20)25-17-16-15(23-11-24-17)10-22-18(26-16)21-3-4-27-5-7-28-8-6-27/h1-2,9-11H,3-8H2,(H,21,22,26)(H,23,24,25). The van der Waals surface area contributed by atoms with Crippen LogP contribution in [0.5, 0.6) is 0 Å². The zero-order valence-corrected chi connectivity index (χ0v) is 16.5. The third kappa shape index (κ3) is 4.59. The molecule has 0 bridgehead atoms. The van der Waals surface area contributed by atoms with Crippen molar-refractivity contribution >= 4 is 51.7 Å². The summed E-state index contributed by atoms with van der Waals surface area (Å²) in [6, 6.07) is 5.29. The highest BCUT2D eigenvalue weighted by atomic mass is 35.5. The summed E-state index contributed by atoms with van der Waals surface area (Å²) in [4.78, 5) is 19.8. The van der Waals surface area contributed by atoms with Gasteiger partial charge in [0.15, 0.2) is 5.82 Å². The lowest BCUT2D eigenvalue weighted by Gasteiger charge is -2.26. The Labute approximate surface area is 172 Å². The van der Waals surface area contributed by atoms with E-state index in [9.17, 15) is 0 Å². The van der Waals surface area contributed by atoms with E-state index in [0.29, 0.717) is 32.8 Å². The van der Waals surface area contributed by atoms with E-state index in [1.165, 1.54) is 6.33 Å². The molecule has 2 N–H and O–H groups in total. The summed E-state index contributed by atoms with van der Waals surface area (Å²) in [6.45, 7) is 5.12. The van der Waals surface area contributed by atoms with Crippen molar-refractivity contribution in [3.8, 4) is 0 Å². The number of fused-ring (bicyclic) bond motifs is 1. The number of morpholine rings is 1. The molecule has 1 saturated heterocycles. The van der Waals surface area contributed by atoms with Crippen LogP contribution in [-0.4, -0.2) is 64.2 Å². The third-order valence-corrected chi connectivity index (χ3v) is 5.11. The van der Waals surface area contributed by atoms with Crippen molar-refractivity contribution in [2.75, 3.05) is 50.0 Å². The van der Waals surface area contributed by atoms with E-state index in [4.69, 9.17) is 27.9 Å². The second-order valence-corrected chi connectivity index (χ2v) is 7.10. The highest BCUT2D eigenvalue weighted by Crippen LogP contribution is 2.28. The fourth-order valence-electron chi connectivity index (χ4n) is 2.89.